The first-order valence-electron chi connectivity index (χ1n) is 10.1. The summed E-state index contributed by atoms with van der Waals surface area (Å²) >= 11 is 0. The highest BCUT2D eigenvalue weighted by Crippen LogP contribution is 2.40. The second kappa shape index (κ2) is 8.66. The molecule has 0 aliphatic heterocycles. The predicted molar refractivity (Wildman–Crippen MR) is 103 cm³/mol. The average molecular weight is 346 g/mol. The molecule has 3 atom stereocenters. The largest absolute Gasteiger partial charge is 0.394 e. The zero-order valence-corrected chi connectivity index (χ0v) is 15.8. The van der Waals surface area contributed by atoms with Crippen molar-refractivity contribution in [2.24, 2.45) is 11.7 Å². The number of nitrogens with two attached hydrogens (primary N) is 1. The van der Waals surface area contributed by atoms with Crippen molar-refractivity contribution in [2.75, 3.05) is 20.3 Å². The molecule has 1 fully saturated rings. The third-order valence-electron chi connectivity index (χ3n) is 6.45. The molecule has 0 saturated heterocycles. The van der Waals surface area contributed by atoms with Crippen LogP contribution < -0.4 is 5.73 Å². The minimum atomic E-state index is -0.353. The number of aryl methyl sites for hydroxylation is 1. The van der Waals surface area contributed by atoms with Crippen LogP contribution in [0, 0.1) is 5.92 Å². The van der Waals surface area contributed by atoms with Crippen LogP contribution in [0.1, 0.15) is 74.0 Å². The van der Waals surface area contributed by atoms with Crippen molar-refractivity contribution in [3.8, 4) is 0 Å². The van der Waals surface area contributed by atoms with E-state index in [2.05, 4.69) is 18.2 Å². The van der Waals surface area contributed by atoms with Crippen LogP contribution in [0.5, 0.6) is 0 Å². The van der Waals surface area contributed by atoms with Crippen molar-refractivity contribution in [1.82, 2.24) is 0 Å². The Morgan fingerprint density at radius 3 is 2.84 bits per heavy atom. The van der Waals surface area contributed by atoms with E-state index in [1.807, 2.05) is 0 Å². The van der Waals surface area contributed by atoms with E-state index in [0.717, 1.165) is 31.8 Å². The Balaban J connectivity index is 1.53. The summed E-state index contributed by atoms with van der Waals surface area (Å²) in [5.41, 5.74) is 10.5. The third kappa shape index (κ3) is 4.84. The fourth-order valence-electron chi connectivity index (χ4n) is 4.79. The number of aliphatic hydroxyl groups is 1. The lowest BCUT2D eigenvalue weighted by Crippen LogP contribution is -2.40. The number of ether oxygens (including phenoxy) is 1. The maximum atomic E-state index is 9.50. The number of aliphatic hydroxyl groups excluding tert-OH is 1. The SMILES string of the molecule is COCCCCC[C@@H]1CCc2cc([C@H]3CC[C@@](N)(CO)C3)ccc2C1. The molecule has 1 saturated carbocycles. The quantitative estimate of drug-likeness (QED) is 0.701. The maximum Gasteiger partial charge on any atom is 0.0611 e. The summed E-state index contributed by atoms with van der Waals surface area (Å²) in [5.74, 6) is 1.39. The first kappa shape index (κ1) is 18.9. The second-order valence-electron chi connectivity index (χ2n) is 8.44. The van der Waals surface area contributed by atoms with Gasteiger partial charge in [0.1, 0.15) is 0 Å². The zero-order chi connectivity index (χ0) is 17.7. The first-order chi connectivity index (χ1) is 12.1. The van der Waals surface area contributed by atoms with Crippen molar-refractivity contribution in [2.45, 2.75) is 75.7 Å². The summed E-state index contributed by atoms with van der Waals surface area (Å²) in [6.45, 7) is 1.01. The standard InChI is InChI=1S/C22H35NO2/c1-25-12-4-2-3-5-17-6-7-19-14-20(9-8-18(19)13-17)21-10-11-22(23,15-21)16-24/h8-9,14,17,21,24H,2-7,10-13,15-16,23H2,1H3/t17-,21+,22+/m1/s1. The molecule has 25 heavy (non-hydrogen) atoms. The van der Waals surface area contributed by atoms with Crippen molar-refractivity contribution < 1.29 is 9.84 Å². The molecule has 0 bridgehead atoms. The molecule has 0 radical (unpaired) electrons. The zero-order valence-electron chi connectivity index (χ0n) is 15.8. The third-order valence-corrected chi connectivity index (χ3v) is 6.45. The molecule has 3 rings (SSSR count). The number of hydrogen-bond donors (Lipinski definition) is 2. The van der Waals surface area contributed by atoms with Gasteiger partial charge in [0.15, 0.2) is 0 Å². The second-order valence-corrected chi connectivity index (χ2v) is 8.44. The van der Waals surface area contributed by atoms with Crippen molar-refractivity contribution in [3.05, 3.63) is 34.9 Å². The summed E-state index contributed by atoms with van der Waals surface area (Å²) in [6.07, 6.45) is 12.0. The lowest BCUT2D eigenvalue weighted by atomic mass is 9.79. The van der Waals surface area contributed by atoms with E-state index in [9.17, 15) is 5.11 Å². The van der Waals surface area contributed by atoms with E-state index < -0.39 is 0 Å². The number of benzene rings is 1. The topological polar surface area (TPSA) is 55.5 Å². The van der Waals surface area contributed by atoms with Crippen LogP contribution in [-0.4, -0.2) is 31.0 Å². The molecule has 3 heteroatoms. The highest BCUT2D eigenvalue weighted by atomic mass is 16.5. The lowest BCUT2D eigenvalue weighted by molar-refractivity contribution is 0.191. The number of methoxy groups -OCH3 is 1. The Bertz CT molecular complexity index is 559. The van der Waals surface area contributed by atoms with Crippen molar-refractivity contribution >= 4 is 0 Å². The maximum absolute atomic E-state index is 9.50. The predicted octanol–water partition coefficient (Wildman–Crippen LogP) is 3.96. The van der Waals surface area contributed by atoms with Crippen LogP contribution >= 0.6 is 0 Å². The molecule has 140 valence electrons. The van der Waals surface area contributed by atoms with Crippen LogP contribution in [0.15, 0.2) is 18.2 Å². The van der Waals surface area contributed by atoms with E-state index in [4.69, 9.17) is 10.5 Å². The molecule has 3 N–H and O–H groups in total. The van der Waals surface area contributed by atoms with E-state index in [1.165, 1.54) is 50.5 Å². The smallest absolute Gasteiger partial charge is 0.0611 e. The van der Waals surface area contributed by atoms with E-state index in [-0.39, 0.29) is 12.1 Å². The number of hydrogen-bond acceptors (Lipinski definition) is 3. The Morgan fingerprint density at radius 1 is 1.20 bits per heavy atom. The van der Waals surface area contributed by atoms with E-state index in [1.54, 1.807) is 18.2 Å². The molecular formula is C22H35NO2. The van der Waals surface area contributed by atoms with E-state index in [0.29, 0.717) is 5.92 Å². The Labute approximate surface area is 153 Å². The van der Waals surface area contributed by atoms with Gasteiger partial charge in [0, 0.05) is 19.3 Å². The molecule has 2 aliphatic carbocycles. The van der Waals surface area contributed by atoms with Gasteiger partial charge in [-0.15, -0.1) is 0 Å². The minimum absolute atomic E-state index is 0.112. The molecule has 1 aromatic carbocycles. The van der Waals surface area contributed by atoms with Gasteiger partial charge in [-0.2, -0.15) is 0 Å². The van der Waals surface area contributed by atoms with Gasteiger partial charge in [0.2, 0.25) is 0 Å². The fourth-order valence-corrected chi connectivity index (χ4v) is 4.79. The highest BCUT2D eigenvalue weighted by Gasteiger charge is 2.36. The molecule has 3 nitrogen and oxygen atoms in total. The van der Waals surface area contributed by atoms with Crippen LogP contribution in [0.25, 0.3) is 0 Å². The molecule has 0 heterocycles. The van der Waals surface area contributed by atoms with Gasteiger partial charge in [-0.25, -0.2) is 0 Å². The van der Waals surface area contributed by atoms with Gasteiger partial charge in [-0.1, -0.05) is 37.5 Å². The summed E-state index contributed by atoms with van der Waals surface area (Å²) < 4.78 is 5.13. The molecular weight excluding hydrogens is 310 g/mol. The molecule has 0 aromatic heterocycles. The minimum Gasteiger partial charge on any atom is -0.394 e. The Hall–Kier alpha value is -0.900. The molecule has 0 amide bonds. The Morgan fingerprint density at radius 2 is 2.08 bits per heavy atom. The van der Waals surface area contributed by atoms with Crippen molar-refractivity contribution in [3.63, 3.8) is 0 Å². The number of fused-ring (bicyclic) bond motifs is 1. The first-order valence-corrected chi connectivity index (χ1v) is 10.1. The van der Waals surface area contributed by atoms with Gasteiger partial charge in [-0.3, -0.25) is 0 Å². The lowest BCUT2D eigenvalue weighted by Gasteiger charge is -2.26. The van der Waals surface area contributed by atoms with Crippen LogP contribution in [0.4, 0.5) is 0 Å². The summed E-state index contributed by atoms with van der Waals surface area (Å²) in [7, 11) is 1.79. The van der Waals surface area contributed by atoms with Gasteiger partial charge < -0.3 is 15.6 Å². The monoisotopic (exact) mass is 345 g/mol. The van der Waals surface area contributed by atoms with Gasteiger partial charge in [-0.05, 0) is 73.5 Å². The van der Waals surface area contributed by atoms with Crippen molar-refractivity contribution in [1.29, 1.82) is 0 Å². The van der Waals surface area contributed by atoms with Crippen LogP contribution in [0.3, 0.4) is 0 Å². The fraction of sp³-hybridized carbons (Fsp3) is 0.727. The summed E-state index contributed by atoms with van der Waals surface area (Å²) in [4.78, 5) is 0. The summed E-state index contributed by atoms with van der Waals surface area (Å²) in [5, 5.41) is 9.50. The molecule has 1 aromatic rings. The van der Waals surface area contributed by atoms with Gasteiger partial charge in [0.05, 0.1) is 6.61 Å². The molecule has 0 unspecified atom stereocenters. The van der Waals surface area contributed by atoms with Crippen LogP contribution in [-0.2, 0) is 17.6 Å². The van der Waals surface area contributed by atoms with Crippen LogP contribution in [0.2, 0.25) is 0 Å². The average Bonchev–Trinajstić information content (AvgIpc) is 3.04. The Kier molecular flexibility index (Phi) is 6.54. The van der Waals surface area contributed by atoms with Gasteiger partial charge in [0.25, 0.3) is 0 Å². The molecule has 0 spiro atoms. The van der Waals surface area contributed by atoms with Gasteiger partial charge >= 0.3 is 0 Å². The van der Waals surface area contributed by atoms with E-state index >= 15 is 0 Å². The summed E-state index contributed by atoms with van der Waals surface area (Å²) in [6, 6.07) is 7.14. The number of rotatable bonds is 8. The number of unbranched alkanes of at least 4 members (excludes halogenated alkanes) is 2. The highest BCUT2D eigenvalue weighted by molar-refractivity contribution is 5.36. The molecule has 2 aliphatic rings. The normalized spacial score (nSPS) is 28.9.